The van der Waals surface area contributed by atoms with Crippen LogP contribution in [0.1, 0.15) is 316 Å². The van der Waals surface area contributed by atoms with E-state index in [2.05, 4.69) is 148 Å². The van der Waals surface area contributed by atoms with Crippen LogP contribution in [-0.2, 0) is 234 Å². The predicted molar refractivity (Wildman–Crippen MR) is 370 cm³/mol. The van der Waals surface area contributed by atoms with Crippen LogP contribution in [-0.4, -0.2) is 98.6 Å². The van der Waals surface area contributed by atoms with Gasteiger partial charge in [0, 0.05) is 29.0 Å². The molecule has 0 aromatic rings. The monoisotopic (exact) mass is 3390 g/mol. The first-order valence-corrected chi connectivity index (χ1v) is 111. The number of unbranched alkanes of at least 4 members (excludes halogenated alkanes) is 16. The fraction of sp³-hybridized carbons (Fsp3) is 1.00. The van der Waals surface area contributed by atoms with E-state index in [9.17, 15) is 49.0 Å². The molecular formula is C64H144O32P4W10. The van der Waals surface area contributed by atoms with E-state index in [-0.39, 0.29) is 0 Å². The van der Waals surface area contributed by atoms with Crippen LogP contribution < -0.4 is 15.0 Å². The van der Waals surface area contributed by atoms with Crippen LogP contribution in [0.3, 0.4) is 0 Å². The second-order valence-electron chi connectivity index (χ2n) is 30.6. The van der Waals surface area contributed by atoms with Gasteiger partial charge < -0.3 is 0 Å². The fourth-order valence-corrected chi connectivity index (χ4v) is 513. The summed E-state index contributed by atoms with van der Waals surface area (Å²) in [4.78, 5) is 0. The Morgan fingerprint density at radius 1 is 0.155 bits per heavy atom. The van der Waals surface area contributed by atoms with E-state index in [0.717, 1.165) is 0 Å². The summed E-state index contributed by atoms with van der Waals surface area (Å²) in [6, 6.07) is 0. The maximum atomic E-state index is 13.8. The first-order chi connectivity index (χ1) is 50.6. The summed E-state index contributed by atoms with van der Waals surface area (Å²) in [6.45, 7) is 37.7. The number of rotatable bonds is 48. The molecule has 0 aromatic carbocycles. The molecule has 0 radical (unpaired) electrons. The van der Waals surface area contributed by atoms with Gasteiger partial charge in [0.15, 0.2) is 0 Å². The SMILES string of the molecule is CCCC[P+](CCCC)(CCCC)CCCC.CCCC[P+](CCCC)(CCCC)CCCC.CCCC[P+](CCCC)(CCCC)CCCC.CCCC[P+](CCCC)(CCCC)CCCC.[O]=[W]12([O-])[O][W]3(=[O])([O-])[O][W]4(=[O])([O-])[O][W](=[O])([O-])([O]1)[O][W]15(=[O])[O][W](=[O])([O]4)([O]1)[O][W]1(=[O])([O]5)[O][W]4(=[O])([O][W]5(=[O])([O]2)[O][W](=[O])([O]3)([O]5)[O]4)[O]1. The standard InChI is InChI=1S/4C16H36P.32O.10W/c4*1-5-9-13-17(14-10-6-2,15-11-7-3)16-12-8-4;;;;;;;;;;;;;;;;;;;;;;;;;;;;;;;;;;;;;;;;;;/h4*5-16H2,1-4H3;;;;;;;;;;;;;;;;;;;;;;;;;;;;;;;;;;;;;;;;;;/q4*+1;;;;;;;;;;;;;;;;;;;;;;;;;;;;;4*-1;;;;;;;;;;. The van der Waals surface area contributed by atoms with Crippen LogP contribution in [0, 0.1) is 0 Å². The molecular weight excluding hydrogens is 3240 g/mol. The van der Waals surface area contributed by atoms with Crippen LogP contribution in [0.5, 0.6) is 0 Å². The van der Waals surface area contributed by atoms with E-state index in [1.165, 1.54) is 205 Å². The minimum atomic E-state index is -10.6. The van der Waals surface area contributed by atoms with Gasteiger partial charge in [-0.3, -0.25) is 0 Å². The fourth-order valence-electron chi connectivity index (χ4n) is 14.3. The van der Waals surface area contributed by atoms with Gasteiger partial charge in [-0.2, -0.15) is 0 Å². The van der Waals surface area contributed by atoms with Gasteiger partial charge in [0.1, 0.15) is 0 Å². The normalized spacial score (nSPS) is 29.8. The van der Waals surface area contributed by atoms with Gasteiger partial charge in [-0.05, 0) is 103 Å². The Morgan fingerprint density at radius 2 is 0.236 bits per heavy atom. The van der Waals surface area contributed by atoms with Gasteiger partial charge in [-0.15, -0.1) is 0 Å². The molecule has 110 heavy (non-hydrogen) atoms. The van der Waals surface area contributed by atoms with Crippen molar-refractivity contribution in [3.8, 4) is 0 Å². The first kappa shape index (κ1) is 106. The van der Waals surface area contributed by atoms with Crippen molar-refractivity contribution in [2.45, 2.75) is 316 Å². The molecule has 12 saturated heterocycles. The van der Waals surface area contributed by atoms with Crippen LogP contribution in [0.4, 0.5) is 0 Å². The Bertz CT molecular complexity index is 3180. The molecule has 12 heterocycles. The van der Waals surface area contributed by atoms with Gasteiger partial charge in [-0.1, -0.05) is 214 Å². The molecule has 12 rings (SSSR count). The van der Waals surface area contributed by atoms with Gasteiger partial charge in [0.25, 0.3) is 0 Å². The predicted octanol–water partition coefficient (Wildman–Crippen LogP) is 17.6. The van der Waals surface area contributed by atoms with Crippen LogP contribution in [0.2, 0.25) is 0 Å². The van der Waals surface area contributed by atoms with Crippen molar-refractivity contribution >= 4 is 29.0 Å². The zero-order valence-electron chi connectivity index (χ0n) is 68.9. The van der Waals surface area contributed by atoms with Gasteiger partial charge in [0.2, 0.25) is 0 Å². The van der Waals surface area contributed by atoms with E-state index >= 15 is 0 Å². The molecule has 0 N–H and O–H groups in total. The van der Waals surface area contributed by atoms with Crippen molar-refractivity contribution in [1.29, 1.82) is 0 Å². The zero-order valence-corrected chi connectivity index (χ0v) is 102. The molecule has 0 atom stereocenters. The second kappa shape index (κ2) is 38.7. The molecule has 672 valence electrons. The average Bonchev–Trinajstić information content (AvgIpc) is 0.591. The van der Waals surface area contributed by atoms with Crippen molar-refractivity contribution in [1.82, 2.24) is 0 Å². The molecule has 2 spiro atoms. The Kier molecular flexibility index (Phi) is 37.4. The Morgan fingerprint density at radius 3 is 0.318 bits per heavy atom. The minimum absolute atomic E-state index is 0.562. The maximum absolute atomic E-state index is 13.8. The molecule has 12 aliphatic heterocycles. The zero-order chi connectivity index (χ0) is 83.1. The summed E-state index contributed by atoms with van der Waals surface area (Å²) < 4.78 is 262. The van der Waals surface area contributed by atoms with Gasteiger partial charge in [-0.25, -0.2) is 0 Å². The van der Waals surface area contributed by atoms with Crippen LogP contribution >= 0.6 is 29.0 Å². The quantitative estimate of drug-likeness (QED) is 0.0511. The van der Waals surface area contributed by atoms with Crippen molar-refractivity contribution in [3.63, 3.8) is 0 Å². The molecule has 0 amide bonds. The summed E-state index contributed by atoms with van der Waals surface area (Å²) in [6.07, 6.45) is 71.8. The van der Waals surface area contributed by atoms with E-state index in [1.807, 2.05) is 0 Å². The average molecular weight is 3390 g/mol. The van der Waals surface area contributed by atoms with E-state index < -0.39 is 192 Å². The van der Waals surface area contributed by atoms with Crippen molar-refractivity contribution in [2.75, 3.05) is 98.6 Å². The van der Waals surface area contributed by atoms with E-state index in [4.69, 9.17) is 0 Å². The molecule has 32 nitrogen and oxygen atoms in total. The number of hydrogen-bond acceptors (Lipinski definition) is 32. The van der Waals surface area contributed by atoms with E-state index in [1.54, 1.807) is 98.6 Å². The molecule has 0 unspecified atom stereocenters. The molecule has 12 aliphatic rings. The van der Waals surface area contributed by atoms with Crippen LogP contribution in [0.15, 0.2) is 0 Å². The first-order valence-electron chi connectivity index (χ1n) is 40.7. The van der Waals surface area contributed by atoms with Gasteiger partial charge in [0.05, 0.1) is 98.6 Å². The summed E-state index contributed by atoms with van der Waals surface area (Å²) in [5, 5.41) is 0. The molecule has 0 aliphatic carbocycles. The van der Waals surface area contributed by atoms with Crippen LogP contribution in [0.25, 0.3) is 0 Å². The van der Waals surface area contributed by atoms with Crippen molar-refractivity contribution < 1.29 is 249 Å². The number of hydrogen-bond donors (Lipinski definition) is 0. The Balaban J connectivity index is 0.000000270. The third-order valence-electron chi connectivity index (χ3n) is 19.8. The summed E-state index contributed by atoms with van der Waals surface area (Å²) in [5.41, 5.74) is 0. The molecule has 12 fully saturated rings. The third-order valence-corrected chi connectivity index (χ3v) is 304. The second-order valence-corrected chi connectivity index (χ2v) is 178. The van der Waals surface area contributed by atoms with Gasteiger partial charge >= 0.3 is 249 Å². The third kappa shape index (κ3) is 27.4. The topological polar surface area (TPSA) is 429 Å². The Labute approximate surface area is 683 Å². The Hall–Kier alpha value is 5.72. The molecule has 8 bridgehead atoms. The summed E-state index contributed by atoms with van der Waals surface area (Å²) in [5.74, 6) is 0. The van der Waals surface area contributed by atoms with Crippen molar-refractivity contribution in [3.05, 3.63) is 0 Å². The molecule has 0 aromatic heterocycles. The summed E-state index contributed by atoms with van der Waals surface area (Å²) in [7, 11) is -2.25. The van der Waals surface area contributed by atoms with Crippen molar-refractivity contribution in [2.24, 2.45) is 0 Å². The molecule has 46 heteroatoms. The summed E-state index contributed by atoms with van der Waals surface area (Å²) >= 11 is -98.0. The molecule has 0 saturated carbocycles. The van der Waals surface area contributed by atoms with E-state index in [0.29, 0.717) is 0 Å².